The molecule has 1 unspecified atom stereocenters. The van der Waals surface area contributed by atoms with Crippen molar-refractivity contribution in [3.63, 3.8) is 0 Å². The summed E-state index contributed by atoms with van der Waals surface area (Å²) < 4.78 is 0. The number of amides is 3. The zero-order chi connectivity index (χ0) is 23.4. The van der Waals surface area contributed by atoms with E-state index in [1.807, 2.05) is 42.2 Å². The number of hydrogen-bond donors (Lipinski definition) is 1. The number of hydrogen-bond acceptors (Lipinski definition) is 5. The molecular formula is C24H29N5O4. The molecule has 1 N–H and O–H groups in total. The minimum absolute atomic E-state index is 0.0669. The van der Waals surface area contributed by atoms with Gasteiger partial charge in [-0.15, -0.1) is 0 Å². The van der Waals surface area contributed by atoms with Crippen LogP contribution in [0.5, 0.6) is 0 Å². The minimum Gasteiger partial charge on any atom is -0.368 e. The van der Waals surface area contributed by atoms with Crippen LogP contribution in [0.3, 0.4) is 0 Å². The SMILES string of the molecule is Cc1cccc(NC(=O)N2CCCC(C(=O)N3CCN(c4cccc([N+](=O)[O-])c4)CC3)C2)c1. The van der Waals surface area contributed by atoms with Crippen LogP contribution in [0.15, 0.2) is 48.5 Å². The Morgan fingerprint density at radius 2 is 1.76 bits per heavy atom. The number of urea groups is 1. The van der Waals surface area contributed by atoms with Gasteiger partial charge in [-0.25, -0.2) is 4.79 Å². The van der Waals surface area contributed by atoms with Gasteiger partial charge >= 0.3 is 6.03 Å². The largest absolute Gasteiger partial charge is 0.368 e. The molecule has 0 radical (unpaired) electrons. The monoisotopic (exact) mass is 451 g/mol. The third-order valence-corrected chi connectivity index (χ3v) is 6.32. The Hall–Kier alpha value is -3.62. The predicted molar refractivity (Wildman–Crippen MR) is 126 cm³/mol. The van der Waals surface area contributed by atoms with Crippen LogP contribution in [-0.4, -0.2) is 65.9 Å². The Kier molecular flexibility index (Phi) is 6.76. The van der Waals surface area contributed by atoms with Crippen LogP contribution >= 0.6 is 0 Å². The molecule has 0 aromatic heterocycles. The molecule has 9 nitrogen and oxygen atoms in total. The lowest BCUT2D eigenvalue weighted by Crippen LogP contribution is -2.53. The topological polar surface area (TPSA) is 99.0 Å². The summed E-state index contributed by atoms with van der Waals surface area (Å²) in [7, 11) is 0. The molecule has 3 amide bonds. The second kappa shape index (κ2) is 9.89. The van der Waals surface area contributed by atoms with Gasteiger partial charge in [0.15, 0.2) is 0 Å². The number of non-ortho nitro benzene ring substituents is 1. The number of piperazine rings is 1. The van der Waals surface area contributed by atoms with Crippen molar-refractivity contribution in [2.24, 2.45) is 5.92 Å². The van der Waals surface area contributed by atoms with Crippen molar-refractivity contribution in [3.05, 3.63) is 64.2 Å². The van der Waals surface area contributed by atoms with Gasteiger partial charge in [-0.1, -0.05) is 18.2 Å². The molecule has 2 fully saturated rings. The first-order chi connectivity index (χ1) is 15.9. The fourth-order valence-corrected chi connectivity index (χ4v) is 4.54. The van der Waals surface area contributed by atoms with Gasteiger partial charge in [-0.2, -0.15) is 0 Å². The van der Waals surface area contributed by atoms with Crippen molar-refractivity contribution in [3.8, 4) is 0 Å². The molecule has 2 aromatic carbocycles. The number of carbonyl (C=O) groups is 2. The van der Waals surface area contributed by atoms with Gasteiger partial charge in [0.25, 0.3) is 5.69 Å². The number of anilines is 2. The molecule has 2 aliphatic heterocycles. The predicted octanol–water partition coefficient (Wildman–Crippen LogP) is 3.50. The minimum atomic E-state index is -0.396. The smallest absolute Gasteiger partial charge is 0.321 e. The van der Waals surface area contributed by atoms with Crippen LogP contribution in [-0.2, 0) is 4.79 Å². The van der Waals surface area contributed by atoms with Gasteiger partial charge in [0.1, 0.15) is 0 Å². The van der Waals surface area contributed by atoms with E-state index in [-0.39, 0.29) is 23.5 Å². The normalized spacial score (nSPS) is 18.7. The molecule has 9 heteroatoms. The van der Waals surface area contributed by atoms with Crippen molar-refractivity contribution in [1.82, 2.24) is 9.80 Å². The van der Waals surface area contributed by atoms with E-state index < -0.39 is 4.92 Å². The standard InChI is InChI=1S/C24H29N5O4/c1-18-5-2-7-20(15-18)25-24(31)28-10-4-6-19(17-28)23(30)27-13-11-26(12-14-27)21-8-3-9-22(16-21)29(32)33/h2-3,5,7-9,15-16,19H,4,6,10-14,17H2,1H3,(H,25,31). The van der Waals surface area contributed by atoms with Crippen molar-refractivity contribution in [1.29, 1.82) is 0 Å². The highest BCUT2D eigenvalue weighted by Gasteiger charge is 2.32. The average Bonchev–Trinajstić information content (AvgIpc) is 2.84. The lowest BCUT2D eigenvalue weighted by atomic mass is 9.96. The zero-order valence-corrected chi connectivity index (χ0v) is 18.8. The van der Waals surface area contributed by atoms with Crippen LogP contribution in [0.1, 0.15) is 18.4 Å². The van der Waals surface area contributed by atoms with Crippen LogP contribution in [0.4, 0.5) is 21.9 Å². The second-order valence-corrected chi connectivity index (χ2v) is 8.67. The third kappa shape index (κ3) is 5.42. The Balaban J connectivity index is 1.31. The number of nitro groups is 1. The highest BCUT2D eigenvalue weighted by Crippen LogP contribution is 2.24. The maximum Gasteiger partial charge on any atom is 0.321 e. The van der Waals surface area contributed by atoms with Gasteiger partial charge in [-0.05, 0) is 43.5 Å². The van der Waals surface area contributed by atoms with E-state index in [1.165, 1.54) is 6.07 Å². The summed E-state index contributed by atoms with van der Waals surface area (Å²) in [6.07, 6.45) is 1.57. The second-order valence-electron chi connectivity index (χ2n) is 8.67. The first kappa shape index (κ1) is 22.6. The Labute approximate surface area is 193 Å². The Morgan fingerprint density at radius 1 is 1.00 bits per heavy atom. The fourth-order valence-electron chi connectivity index (χ4n) is 4.54. The lowest BCUT2D eigenvalue weighted by Gasteiger charge is -2.39. The maximum atomic E-state index is 13.2. The molecule has 0 spiro atoms. The molecule has 0 aliphatic carbocycles. The number of likely N-dealkylation sites (tertiary alicyclic amines) is 1. The van der Waals surface area contributed by atoms with Gasteiger partial charge in [0, 0.05) is 62.8 Å². The van der Waals surface area contributed by atoms with Crippen LogP contribution < -0.4 is 10.2 Å². The number of nitro benzene ring substituents is 1. The van der Waals surface area contributed by atoms with E-state index in [1.54, 1.807) is 17.0 Å². The van der Waals surface area contributed by atoms with E-state index in [4.69, 9.17) is 0 Å². The number of nitrogens with one attached hydrogen (secondary N) is 1. The van der Waals surface area contributed by atoms with Crippen LogP contribution in [0.25, 0.3) is 0 Å². The van der Waals surface area contributed by atoms with E-state index in [0.29, 0.717) is 39.3 Å². The van der Waals surface area contributed by atoms with E-state index in [0.717, 1.165) is 29.8 Å². The summed E-state index contributed by atoms with van der Waals surface area (Å²) in [6.45, 7) is 5.41. The highest BCUT2D eigenvalue weighted by molar-refractivity contribution is 5.90. The number of nitrogens with zero attached hydrogens (tertiary/aromatic N) is 4. The van der Waals surface area contributed by atoms with Gasteiger partial charge < -0.3 is 20.0 Å². The molecular weight excluding hydrogens is 422 g/mol. The lowest BCUT2D eigenvalue weighted by molar-refractivity contribution is -0.384. The maximum absolute atomic E-state index is 13.2. The number of carbonyl (C=O) groups excluding carboxylic acids is 2. The number of piperidine rings is 1. The molecule has 0 saturated carbocycles. The summed E-state index contributed by atoms with van der Waals surface area (Å²) in [5.74, 6) is -0.117. The molecule has 4 rings (SSSR count). The van der Waals surface area contributed by atoms with Crippen molar-refractivity contribution < 1.29 is 14.5 Å². The van der Waals surface area contributed by atoms with Crippen LogP contribution in [0.2, 0.25) is 0 Å². The summed E-state index contributed by atoms with van der Waals surface area (Å²) >= 11 is 0. The van der Waals surface area contributed by atoms with Crippen LogP contribution in [0, 0.1) is 23.0 Å². The molecule has 174 valence electrons. The van der Waals surface area contributed by atoms with Gasteiger partial charge in [-0.3, -0.25) is 14.9 Å². The van der Waals surface area contributed by atoms with Crippen molar-refractivity contribution >= 4 is 29.0 Å². The quantitative estimate of drug-likeness (QED) is 0.567. The van der Waals surface area contributed by atoms with Crippen molar-refractivity contribution in [2.45, 2.75) is 19.8 Å². The number of rotatable bonds is 4. The summed E-state index contributed by atoms with van der Waals surface area (Å²) in [6, 6.07) is 14.1. The first-order valence-corrected chi connectivity index (χ1v) is 11.3. The summed E-state index contributed by atoms with van der Waals surface area (Å²) in [4.78, 5) is 42.2. The van der Waals surface area contributed by atoms with E-state index in [9.17, 15) is 19.7 Å². The molecule has 33 heavy (non-hydrogen) atoms. The number of benzene rings is 2. The Morgan fingerprint density at radius 3 is 2.48 bits per heavy atom. The van der Waals surface area contributed by atoms with Crippen molar-refractivity contribution in [2.75, 3.05) is 49.5 Å². The zero-order valence-electron chi connectivity index (χ0n) is 18.8. The molecule has 2 aliphatic rings. The molecule has 0 bridgehead atoms. The molecule has 1 atom stereocenters. The molecule has 2 heterocycles. The highest BCUT2D eigenvalue weighted by atomic mass is 16.6. The Bertz CT molecular complexity index is 1040. The van der Waals surface area contributed by atoms with E-state index in [2.05, 4.69) is 10.2 Å². The summed E-state index contributed by atoms with van der Waals surface area (Å²) in [5.41, 5.74) is 2.69. The first-order valence-electron chi connectivity index (χ1n) is 11.3. The fraction of sp³-hybridized carbons (Fsp3) is 0.417. The summed E-state index contributed by atoms with van der Waals surface area (Å²) in [5, 5.41) is 14.0. The molecule has 2 aromatic rings. The average molecular weight is 452 g/mol. The van der Waals surface area contributed by atoms with E-state index >= 15 is 0 Å². The number of aryl methyl sites for hydroxylation is 1. The third-order valence-electron chi connectivity index (χ3n) is 6.32. The molecule has 2 saturated heterocycles. The van der Waals surface area contributed by atoms with Gasteiger partial charge in [0.05, 0.1) is 10.8 Å². The van der Waals surface area contributed by atoms with Gasteiger partial charge in [0.2, 0.25) is 5.91 Å².